The van der Waals surface area contributed by atoms with E-state index in [-0.39, 0.29) is 11.5 Å². The van der Waals surface area contributed by atoms with Gasteiger partial charge < -0.3 is 15.4 Å². The summed E-state index contributed by atoms with van der Waals surface area (Å²) < 4.78 is 0. The summed E-state index contributed by atoms with van der Waals surface area (Å²) in [6, 6.07) is 9.16. The molecular formula is C14H14N2O3. The molecule has 0 amide bonds. The number of benzene rings is 2. The van der Waals surface area contributed by atoms with Gasteiger partial charge in [-0.15, -0.1) is 0 Å². The molecule has 5 heteroatoms. The summed E-state index contributed by atoms with van der Waals surface area (Å²) in [5.41, 5.74) is 2.05. The number of hydrogen-bond acceptors (Lipinski definition) is 4. The molecule has 2 aromatic rings. The SMILES string of the molecule is Cc1cc(N=[N+]([O-])c2ccc(O)c(C)c2)ccc1O. The van der Waals surface area contributed by atoms with E-state index in [0.29, 0.717) is 27.4 Å². The monoisotopic (exact) mass is 258 g/mol. The summed E-state index contributed by atoms with van der Waals surface area (Å²) >= 11 is 0. The Hall–Kier alpha value is -2.56. The fourth-order valence-electron chi connectivity index (χ4n) is 1.62. The van der Waals surface area contributed by atoms with Crippen LogP contribution in [0, 0.1) is 19.1 Å². The summed E-state index contributed by atoms with van der Waals surface area (Å²) in [5, 5.41) is 34.6. The van der Waals surface area contributed by atoms with Crippen LogP contribution in [-0.4, -0.2) is 15.1 Å². The Morgan fingerprint density at radius 2 is 1.53 bits per heavy atom. The third kappa shape index (κ3) is 2.82. The zero-order valence-electron chi connectivity index (χ0n) is 10.7. The van der Waals surface area contributed by atoms with E-state index in [1.165, 1.54) is 18.2 Å². The highest BCUT2D eigenvalue weighted by Gasteiger charge is 2.07. The lowest BCUT2D eigenvalue weighted by atomic mass is 10.2. The van der Waals surface area contributed by atoms with Gasteiger partial charge in [-0.25, -0.2) is 0 Å². The lowest BCUT2D eigenvalue weighted by molar-refractivity contribution is -0.435. The minimum atomic E-state index is 0.137. The highest BCUT2D eigenvalue weighted by Crippen LogP contribution is 2.26. The first kappa shape index (κ1) is 12.9. The van der Waals surface area contributed by atoms with Crippen molar-refractivity contribution < 1.29 is 15.1 Å². The molecule has 0 spiro atoms. The van der Waals surface area contributed by atoms with Crippen LogP contribution in [0.1, 0.15) is 11.1 Å². The minimum absolute atomic E-state index is 0.137. The van der Waals surface area contributed by atoms with Crippen molar-refractivity contribution >= 4 is 11.4 Å². The van der Waals surface area contributed by atoms with E-state index in [9.17, 15) is 15.4 Å². The average Bonchev–Trinajstić information content (AvgIpc) is 2.37. The first-order valence-corrected chi connectivity index (χ1v) is 5.75. The van der Waals surface area contributed by atoms with Gasteiger partial charge in [-0.1, -0.05) is 4.86 Å². The number of azo groups is 1. The fourth-order valence-corrected chi connectivity index (χ4v) is 1.62. The largest absolute Gasteiger partial charge is 0.594 e. The summed E-state index contributed by atoms with van der Waals surface area (Å²) in [5.74, 6) is 0.300. The zero-order chi connectivity index (χ0) is 14.0. The number of aryl methyl sites for hydroxylation is 2. The summed E-state index contributed by atoms with van der Waals surface area (Å²) in [4.78, 5) is 0.484. The van der Waals surface area contributed by atoms with Gasteiger partial charge in [-0.05, 0) is 49.2 Å². The third-order valence-electron chi connectivity index (χ3n) is 2.79. The van der Waals surface area contributed by atoms with Gasteiger partial charge in [0.05, 0.1) is 0 Å². The van der Waals surface area contributed by atoms with Crippen molar-refractivity contribution in [3.8, 4) is 11.5 Å². The van der Waals surface area contributed by atoms with Crippen LogP contribution in [0.5, 0.6) is 11.5 Å². The molecule has 0 atom stereocenters. The van der Waals surface area contributed by atoms with Crippen molar-refractivity contribution in [1.29, 1.82) is 0 Å². The molecule has 0 heterocycles. The Balaban J connectivity index is 2.36. The van der Waals surface area contributed by atoms with E-state index in [0.717, 1.165) is 0 Å². The lowest BCUT2D eigenvalue weighted by Crippen LogP contribution is -1.91. The molecule has 0 aliphatic carbocycles. The third-order valence-corrected chi connectivity index (χ3v) is 2.79. The molecule has 2 N–H and O–H groups in total. The summed E-state index contributed by atoms with van der Waals surface area (Å²) in [7, 11) is 0. The average molecular weight is 258 g/mol. The molecule has 0 aromatic heterocycles. The predicted octanol–water partition coefficient (Wildman–Crippen LogP) is 3.64. The molecular weight excluding hydrogens is 244 g/mol. The molecule has 0 radical (unpaired) electrons. The summed E-state index contributed by atoms with van der Waals surface area (Å²) in [6.07, 6.45) is 0. The van der Waals surface area contributed by atoms with Crippen molar-refractivity contribution in [3.63, 3.8) is 0 Å². The first-order valence-electron chi connectivity index (χ1n) is 5.75. The Labute approximate surface area is 110 Å². The van der Waals surface area contributed by atoms with E-state index < -0.39 is 0 Å². The standard InChI is InChI=1S/C14H14N2O3/c1-9-7-11(3-5-13(9)17)15-16(19)12-4-6-14(18)10(2)8-12/h3-8,17-18H,1-2H3. The van der Waals surface area contributed by atoms with Gasteiger partial charge in [0.2, 0.25) is 5.69 Å². The van der Waals surface area contributed by atoms with Gasteiger partial charge in [0.1, 0.15) is 17.2 Å². The van der Waals surface area contributed by atoms with Crippen LogP contribution in [0.2, 0.25) is 0 Å². The number of hydrogen-bond donors (Lipinski definition) is 2. The van der Waals surface area contributed by atoms with Crippen LogP contribution < -0.4 is 0 Å². The molecule has 2 aromatic carbocycles. The molecule has 2 rings (SSSR count). The highest BCUT2D eigenvalue weighted by atomic mass is 16.5. The van der Waals surface area contributed by atoms with E-state index in [1.54, 1.807) is 32.0 Å². The first-order chi connectivity index (χ1) is 8.97. The van der Waals surface area contributed by atoms with Crippen molar-refractivity contribution in [2.45, 2.75) is 13.8 Å². The van der Waals surface area contributed by atoms with Crippen LogP contribution in [0.25, 0.3) is 0 Å². The Kier molecular flexibility index (Phi) is 3.37. The zero-order valence-corrected chi connectivity index (χ0v) is 10.7. The number of aromatic hydroxyl groups is 2. The van der Waals surface area contributed by atoms with E-state index in [4.69, 9.17) is 0 Å². The highest BCUT2D eigenvalue weighted by molar-refractivity contribution is 5.46. The Bertz CT molecular complexity index is 651. The van der Waals surface area contributed by atoms with Gasteiger partial charge in [-0.3, -0.25) is 0 Å². The fraction of sp³-hybridized carbons (Fsp3) is 0.143. The molecule has 0 bridgehead atoms. The molecule has 0 aliphatic rings. The second kappa shape index (κ2) is 4.97. The van der Waals surface area contributed by atoms with Crippen molar-refractivity contribution in [1.82, 2.24) is 0 Å². The molecule has 0 saturated carbocycles. The number of nitrogens with zero attached hydrogens (tertiary/aromatic N) is 2. The minimum Gasteiger partial charge on any atom is -0.594 e. The molecule has 98 valence electrons. The molecule has 0 fully saturated rings. The van der Waals surface area contributed by atoms with Gasteiger partial charge in [0.15, 0.2) is 0 Å². The number of phenolic OH excluding ortho intramolecular Hbond substituents is 2. The smallest absolute Gasteiger partial charge is 0.245 e. The van der Waals surface area contributed by atoms with Crippen LogP contribution in [0.4, 0.5) is 11.4 Å². The van der Waals surface area contributed by atoms with Crippen molar-refractivity contribution in [3.05, 3.63) is 52.7 Å². The van der Waals surface area contributed by atoms with Crippen molar-refractivity contribution in [2.75, 3.05) is 0 Å². The molecule has 5 nitrogen and oxygen atoms in total. The summed E-state index contributed by atoms with van der Waals surface area (Å²) in [6.45, 7) is 3.44. The second-order valence-electron chi connectivity index (χ2n) is 4.31. The maximum Gasteiger partial charge on any atom is 0.245 e. The molecule has 19 heavy (non-hydrogen) atoms. The maximum absolute atomic E-state index is 11.9. The Morgan fingerprint density at radius 3 is 2.11 bits per heavy atom. The van der Waals surface area contributed by atoms with Crippen LogP contribution in [0.15, 0.2) is 41.5 Å². The van der Waals surface area contributed by atoms with Gasteiger partial charge in [-0.2, -0.15) is 0 Å². The van der Waals surface area contributed by atoms with E-state index >= 15 is 0 Å². The van der Waals surface area contributed by atoms with Crippen molar-refractivity contribution in [2.24, 2.45) is 5.11 Å². The molecule has 0 aliphatic heterocycles. The maximum atomic E-state index is 11.9. The van der Waals surface area contributed by atoms with Gasteiger partial charge >= 0.3 is 0 Å². The van der Waals surface area contributed by atoms with Gasteiger partial charge in [0, 0.05) is 17.2 Å². The van der Waals surface area contributed by atoms with E-state index in [1.807, 2.05) is 0 Å². The van der Waals surface area contributed by atoms with Crippen LogP contribution in [0.3, 0.4) is 0 Å². The second-order valence-corrected chi connectivity index (χ2v) is 4.31. The van der Waals surface area contributed by atoms with Gasteiger partial charge in [0.25, 0.3) is 0 Å². The predicted molar refractivity (Wildman–Crippen MR) is 71.1 cm³/mol. The quantitative estimate of drug-likeness (QED) is 0.490. The number of phenols is 2. The molecule has 0 saturated heterocycles. The molecule has 0 unspecified atom stereocenters. The topological polar surface area (TPSA) is 78.9 Å². The van der Waals surface area contributed by atoms with Crippen LogP contribution >= 0.6 is 0 Å². The normalized spacial score (nSPS) is 11.6. The van der Waals surface area contributed by atoms with Crippen LogP contribution in [-0.2, 0) is 0 Å². The Morgan fingerprint density at radius 1 is 0.947 bits per heavy atom. The lowest BCUT2D eigenvalue weighted by Gasteiger charge is -2.03. The van der Waals surface area contributed by atoms with E-state index in [2.05, 4.69) is 5.11 Å². The number of rotatable bonds is 2.